The van der Waals surface area contributed by atoms with Gasteiger partial charge in [-0.15, -0.1) is 6.58 Å². The second-order valence-corrected chi connectivity index (χ2v) is 26.5. The predicted octanol–water partition coefficient (Wildman–Crippen LogP) is 2.19. The Morgan fingerprint density at radius 1 is 0.522 bits per heavy atom. The molecule has 0 aliphatic carbocycles. The minimum absolute atomic E-state index is 0.0730. The van der Waals surface area contributed by atoms with Gasteiger partial charge in [-0.3, -0.25) is 52.7 Å². The van der Waals surface area contributed by atoms with E-state index < -0.39 is 175 Å². The summed E-state index contributed by atoms with van der Waals surface area (Å²) in [4.78, 5) is 172. The van der Waals surface area contributed by atoms with Crippen LogP contribution < -0.4 is 21.3 Å². The van der Waals surface area contributed by atoms with E-state index >= 15 is 28.8 Å². The highest BCUT2D eigenvalue weighted by atomic mass is 16.5. The Morgan fingerprint density at radius 3 is 1.45 bits per heavy atom. The monoisotopic (exact) mass is 1300 g/mol. The number of aliphatic hydroxyl groups excluding tert-OH is 2. The summed E-state index contributed by atoms with van der Waals surface area (Å²) in [5.41, 5.74) is 0. The van der Waals surface area contributed by atoms with Crippen LogP contribution in [0.3, 0.4) is 0 Å². The first kappa shape index (κ1) is 83.5. The molecule has 0 radical (unpaired) electrons. The number of aliphatic hydroxyl groups is 2. The van der Waals surface area contributed by atoms with E-state index in [1.165, 1.54) is 93.6 Å². The molecule has 0 saturated carbocycles. The van der Waals surface area contributed by atoms with Crippen LogP contribution >= 0.6 is 0 Å². The van der Waals surface area contributed by atoms with E-state index in [0.717, 1.165) is 9.80 Å². The van der Waals surface area contributed by atoms with Crippen LogP contribution in [0, 0.1) is 35.5 Å². The van der Waals surface area contributed by atoms with Gasteiger partial charge in [0.15, 0.2) is 0 Å². The van der Waals surface area contributed by atoms with Crippen molar-refractivity contribution < 1.29 is 72.4 Å². The minimum atomic E-state index is -1.71. The second-order valence-electron chi connectivity index (χ2n) is 26.5. The lowest BCUT2D eigenvalue weighted by molar-refractivity contribution is -0.158. The topological polar surface area (TPSA) is 317 Å². The van der Waals surface area contributed by atoms with E-state index in [-0.39, 0.29) is 63.2 Å². The molecular weight excluding hydrogens is 1190 g/mol. The maximum absolute atomic E-state index is 15.3. The van der Waals surface area contributed by atoms with Gasteiger partial charge in [0.25, 0.3) is 0 Å². The summed E-state index contributed by atoms with van der Waals surface area (Å²) in [5.74, 6) is -10.9. The third kappa shape index (κ3) is 22.9. The Labute approximate surface area is 548 Å². The molecule has 6 N–H and O–H groups in total. The van der Waals surface area contributed by atoms with Gasteiger partial charge < -0.3 is 75.3 Å². The fourth-order valence-electron chi connectivity index (χ4n) is 11.5. The molecular formula is C66H117N11O15. The number of nitrogens with one attached hydrogen (secondary N) is 4. The minimum Gasteiger partial charge on any atom is -0.394 e. The summed E-state index contributed by atoms with van der Waals surface area (Å²) in [7, 11) is 8.29. The molecule has 0 aromatic carbocycles. The smallest absolute Gasteiger partial charge is 0.248 e. The number of hydrogen-bond donors (Lipinski definition) is 6. The van der Waals surface area contributed by atoms with Crippen molar-refractivity contribution in [1.29, 1.82) is 0 Å². The molecule has 1 aliphatic heterocycles. The quantitative estimate of drug-likeness (QED) is 0.0709. The van der Waals surface area contributed by atoms with Gasteiger partial charge in [0.2, 0.25) is 65.0 Å². The van der Waals surface area contributed by atoms with Crippen molar-refractivity contribution in [3.05, 3.63) is 24.8 Å². The first-order valence-electron chi connectivity index (χ1n) is 32.6. The summed E-state index contributed by atoms with van der Waals surface area (Å²) in [5, 5.41) is 32.9. The lowest BCUT2D eigenvalue weighted by Gasteiger charge is -2.41. The SMILES string of the molecule is C=CCOC[C@@H]1C(=O)N(C)C([C@@H](C)OCCO)C(=O)N[C@@H](C(C)C)C(=O)N(C)[C@@H](CC(C)C)C(=O)N[C@@H](C)C(=O)N[C@H](C)C(=O)N(C)[C@@H](CC(C)C)C(=O)N(C)[C@@H](CC(C)C)C(=O)N(C)[C@@H](C(C)C)C(=O)N(C)[C@@H]([C@H](O)[C@H](C)/C=C/C)C(=O)N[C@@H](CC)C(=O)N1CC. The summed E-state index contributed by atoms with van der Waals surface area (Å²) < 4.78 is 11.8. The van der Waals surface area contributed by atoms with Crippen molar-refractivity contribution >= 4 is 65.0 Å². The van der Waals surface area contributed by atoms with Crippen molar-refractivity contribution in [1.82, 2.24) is 55.6 Å². The van der Waals surface area contributed by atoms with Gasteiger partial charge in [-0.25, -0.2) is 0 Å². The van der Waals surface area contributed by atoms with Crippen LogP contribution in [-0.2, 0) is 62.2 Å². The number of carbonyl (C=O) groups excluding carboxylic acids is 11. The number of rotatable bonds is 21. The fraction of sp³-hybridized carbons (Fsp3) is 0.773. The number of nitrogens with zero attached hydrogens (tertiary/aromatic N) is 7. The van der Waals surface area contributed by atoms with Crippen LogP contribution in [0.1, 0.15) is 143 Å². The molecule has 11 amide bonds. The standard InChI is InChI=1S/C66H117N11O15/c1-25-29-42(15)55(79)54-59(83)69-46(27-3)61(85)77(28-4)50(36-91-31-26-2)64(88)75(23)53(45(18)92-32-30-78)58(82)70-51(40(11)12)65(89)71(19)47(33-37(5)6)57(81)67-43(16)56(80)68-44(17)60(84)72(20)48(34-38(7)8)62(86)73(21)49(35-39(9)10)63(87)74(22)52(41(13)14)66(90)76(54)24/h25-26,29,37-55,78-79H,2,27-28,30-36H2,1,3-24H3,(H,67,81)(H,68,80)(H,69,83)(H,70,82)/b29-25+/t42-,43+,44-,45-,46+,47+,48+,49+,50-,51+,52+,53?,54+,55-/m1/s1. The molecule has 1 aliphatic rings. The van der Waals surface area contributed by atoms with Crippen LogP contribution in [0.25, 0.3) is 0 Å². The third-order valence-electron chi connectivity index (χ3n) is 16.9. The van der Waals surface area contributed by atoms with Gasteiger partial charge in [0.05, 0.1) is 38.6 Å². The normalized spacial score (nSPS) is 26.8. The number of amides is 11. The summed E-state index contributed by atoms with van der Waals surface area (Å²) in [6.45, 7) is 31.0. The molecule has 1 heterocycles. The molecule has 1 unspecified atom stereocenters. The predicted molar refractivity (Wildman–Crippen MR) is 351 cm³/mol. The zero-order valence-corrected chi connectivity index (χ0v) is 59.6. The molecule has 26 heteroatoms. The maximum Gasteiger partial charge on any atom is 0.248 e. The van der Waals surface area contributed by atoms with E-state index in [1.54, 1.807) is 67.5 Å². The molecule has 92 heavy (non-hydrogen) atoms. The Bertz CT molecular complexity index is 2510. The fourth-order valence-corrected chi connectivity index (χ4v) is 11.5. The van der Waals surface area contributed by atoms with Crippen LogP contribution in [0.15, 0.2) is 24.8 Å². The number of hydrogen-bond acceptors (Lipinski definition) is 15. The molecule has 0 aromatic rings. The largest absolute Gasteiger partial charge is 0.394 e. The number of allylic oxidation sites excluding steroid dienone is 1. The molecule has 14 atom stereocenters. The molecule has 0 bridgehead atoms. The Hall–Kier alpha value is -6.51. The molecule has 1 fully saturated rings. The van der Waals surface area contributed by atoms with E-state index in [0.29, 0.717) is 0 Å². The third-order valence-corrected chi connectivity index (χ3v) is 16.9. The van der Waals surface area contributed by atoms with Crippen LogP contribution in [0.4, 0.5) is 0 Å². The van der Waals surface area contributed by atoms with Gasteiger partial charge in [-0.05, 0) is 89.9 Å². The Morgan fingerprint density at radius 2 is 0.978 bits per heavy atom. The average Bonchev–Trinajstić information content (AvgIpc) is 0.902. The number of carbonyl (C=O) groups is 11. The van der Waals surface area contributed by atoms with E-state index in [4.69, 9.17) is 9.47 Å². The van der Waals surface area contributed by atoms with E-state index in [2.05, 4.69) is 27.8 Å². The van der Waals surface area contributed by atoms with Crippen molar-refractivity contribution in [2.24, 2.45) is 35.5 Å². The highest BCUT2D eigenvalue weighted by molar-refractivity contribution is 6.00. The van der Waals surface area contributed by atoms with Gasteiger partial charge in [-0.2, -0.15) is 0 Å². The second kappa shape index (κ2) is 39.3. The van der Waals surface area contributed by atoms with Crippen molar-refractivity contribution in [3.8, 4) is 0 Å². The van der Waals surface area contributed by atoms with Gasteiger partial charge in [0.1, 0.15) is 66.5 Å². The average molecular weight is 1300 g/mol. The molecule has 1 saturated heterocycles. The molecule has 0 spiro atoms. The molecule has 26 nitrogen and oxygen atoms in total. The Kier molecular flexibility index (Phi) is 35.6. The highest BCUT2D eigenvalue weighted by Gasteiger charge is 2.47. The zero-order chi connectivity index (χ0) is 71.1. The van der Waals surface area contributed by atoms with Gasteiger partial charge in [-0.1, -0.05) is 101 Å². The van der Waals surface area contributed by atoms with E-state index in [9.17, 15) is 34.2 Å². The van der Waals surface area contributed by atoms with Crippen LogP contribution in [0.2, 0.25) is 0 Å². The Balaban J connectivity index is 4.59. The first-order valence-corrected chi connectivity index (χ1v) is 32.6. The summed E-state index contributed by atoms with van der Waals surface area (Å²) >= 11 is 0. The van der Waals surface area contributed by atoms with Crippen LogP contribution in [-0.4, -0.2) is 263 Å². The van der Waals surface area contributed by atoms with Crippen molar-refractivity contribution in [2.45, 2.75) is 222 Å². The zero-order valence-electron chi connectivity index (χ0n) is 59.6. The first-order chi connectivity index (χ1) is 42.8. The van der Waals surface area contributed by atoms with E-state index in [1.807, 2.05) is 41.5 Å². The molecule has 1 rings (SSSR count). The van der Waals surface area contributed by atoms with Crippen molar-refractivity contribution in [3.63, 3.8) is 0 Å². The molecule has 0 aromatic heterocycles. The van der Waals surface area contributed by atoms with Gasteiger partial charge >= 0.3 is 0 Å². The highest BCUT2D eigenvalue weighted by Crippen LogP contribution is 2.26. The molecule has 526 valence electrons. The van der Waals surface area contributed by atoms with Gasteiger partial charge in [0, 0.05) is 54.7 Å². The van der Waals surface area contributed by atoms with Crippen molar-refractivity contribution in [2.75, 3.05) is 75.3 Å². The number of ether oxygens (including phenoxy) is 2. The lowest BCUT2D eigenvalue weighted by Crippen LogP contribution is -2.65. The lowest BCUT2D eigenvalue weighted by atomic mass is 9.93. The number of likely N-dealkylation sites (N-methyl/N-ethyl adjacent to an activating group) is 7. The van der Waals surface area contributed by atoms with Crippen LogP contribution in [0.5, 0.6) is 0 Å². The summed E-state index contributed by atoms with van der Waals surface area (Å²) in [6, 6.07) is -14.9. The summed E-state index contributed by atoms with van der Waals surface area (Å²) in [6.07, 6.45) is 2.23. The maximum atomic E-state index is 15.3.